The Kier molecular flexibility index (Phi) is 4.73. The van der Waals surface area contributed by atoms with Gasteiger partial charge in [0.1, 0.15) is 5.69 Å². The van der Waals surface area contributed by atoms with Gasteiger partial charge in [0, 0.05) is 31.6 Å². The Bertz CT molecular complexity index is 1020. The average Bonchev–Trinajstić information content (AvgIpc) is 3.43. The molecule has 2 saturated heterocycles. The standard InChI is InChI=1S/C21H25N7O/c1-14-5-2-3-6-16(14)17-13-22-24-20(17)15-9-11-27(12-10-15)21(29)18-7-4-8-19-23-25-26-28(18)19/h2-8,15,17,20,22,24H,9-13H2,1H3. The van der Waals surface area contributed by atoms with Gasteiger partial charge in [-0.2, -0.15) is 4.52 Å². The van der Waals surface area contributed by atoms with E-state index in [1.54, 1.807) is 12.1 Å². The van der Waals surface area contributed by atoms with E-state index in [2.05, 4.69) is 57.6 Å². The number of rotatable bonds is 3. The first kappa shape index (κ1) is 18.2. The summed E-state index contributed by atoms with van der Waals surface area (Å²) < 4.78 is 1.52. The molecule has 0 saturated carbocycles. The number of benzene rings is 1. The monoisotopic (exact) mass is 391 g/mol. The number of tetrazole rings is 1. The first-order valence-corrected chi connectivity index (χ1v) is 10.2. The summed E-state index contributed by atoms with van der Waals surface area (Å²) in [5.41, 5.74) is 10.7. The Morgan fingerprint density at radius 2 is 1.93 bits per heavy atom. The van der Waals surface area contributed by atoms with Gasteiger partial charge in [0.25, 0.3) is 5.91 Å². The molecule has 8 nitrogen and oxygen atoms in total. The molecule has 1 aromatic carbocycles. The number of carbonyl (C=O) groups is 1. The second-order valence-corrected chi connectivity index (χ2v) is 8.00. The molecule has 1 amide bonds. The predicted molar refractivity (Wildman–Crippen MR) is 108 cm³/mol. The van der Waals surface area contributed by atoms with Crippen molar-refractivity contribution in [2.45, 2.75) is 31.7 Å². The van der Waals surface area contributed by atoms with Crippen LogP contribution in [0.4, 0.5) is 0 Å². The van der Waals surface area contributed by atoms with E-state index in [0.717, 1.165) is 32.5 Å². The van der Waals surface area contributed by atoms with E-state index in [4.69, 9.17) is 0 Å². The third kappa shape index (κ3) is 3.28. The molecule has 2 aliphatic rings. The van der Waals surface area contributed by atoms with Gasteiger partial charge in [-0.1, -0.05) is 30.3 Å². The molecule has 5 rings (SSSR count). The molecule has 29 heavy (non-hydrogen) atoms. The van der Waals surface area contributed by atoms with Crippen molar-refractivity contribution in [2.75, 3.05) is 19.6 Å². The van der Waals surface area contributed by atoms with Crippen LogP contribution in [-0.2, 0) is 0 Å². The van der Waals surface area contributed by atoms with E-state index < -0.39 is 0 Å². The number of hydrazine groups is 1. The predicted octanol–water partition coefficient (Wildman–Crippen LogP) is 1.55. The van der Waals surface area contributed by atoms with Crippen molar-refractivity contribution in [1.82, 2.24) is 35.8 Å². The fourth-order valence-corrected chi connectivity index (χ4v) is 4.82. The molecule has 0 radical (unpaired) electrons. The quantitative estimate of drug-likeness (QED) is 0.704. The molecular formula is C21H25N7O. The molecule has 4 heterocycles. The van der Waals surface area contributed by atoms with Crippen molar-refractivity contribution in [1.29, 1.82) is 0 Å². The van der Waals surface area contributed by atoms with Crippen molar-refractivity contribution >= 4 is 11.6 Å². The molecule has 2 aromatic heterocycles. The molecule has 150 valence electrons. The Morgan fingerprint density at radius 3 is 2.76 bits per heavy atom. The minimum atomic E-state index is -0.00527. The fraction of sp³-hybridized carbons (Fsp3) is 0.429. The van der Waals surface area contributed by atoms with E-state index in [-0.39, 0.29) is 5.91 Å². The number of carbonyl (C=O) groups excluding carboxylic acids is 1. The van der Waals surface area contributed by atoms with Crippen LogP contribution in [0.25, 0.3) is 5.65 Å². The summed E-state index contributed by atoms with van der Waals surface area (Å²) in [6.45, 7) is 4.63. The first-order chi connectivity index (χ1) is 14.2. The zero-order valence-electron chi connectivity index (χ0n) is 16.5. The van der Waals surface area contributed by atoms with E-state index >= 15 is 0 Å². The molecular weight excluding hydrogens is 366 g/mol. The van der Waals surface area contributed by atoms with Crippen molar-refractivity contribution in [3.8, 4) is 0 Å². The number of nitrogens with zero attached hydrogens (tertiary/aromatic N) is 5. The highest BCUT2D eigenvalue weighted by atomic mass is 16.2. The van der Waals surface area contributed by atoms with Crippen molar-refractivity contribution in [2.24, 2.45) is 5.92 Å². The molecule has 0 spiro atoms. The number of hydrogen-bond acceptors (Lipinski definition) is 6. The molecule has 2 N–H and O–H groups in total. The maximum Gasteiger partial charge on any atom is 0.272 e. The van der Waals surface area contributed by atoms with Crippen molar-refractivity contribution < 1.29 is 4.79 Å². The zero-order chi connectivity index (χ0) is 19.8. The minimum Gasteiger partial charge on any atom is -0.337 e. The van der Waals surface area contributed by atoms with E-state index in [9.17, 15) is 4.79 Å². The second-order valence-electron chi connectivity index (χ2n) is 8.00. The third-order valence-electron chi connectivity index (χ3n) is 6.39. The lowest BCUT2D eigenvalue weighted by molar-refractivity contribution is 0.0661. The number of hydrogen-bond donors (Lipinski definition) is 2. The summed E-state index contributed by atoms with van der Waals surface area (Å²) >= 11 is 0. The number of fused-ring (bicyclic) bond motifs is 1. The van der Waals surface area contributed by atoms with Gasteiger partial charge in [-0.3, -0.25) is 15.6 Å². The van der Waals surface area contributed by atoms with Gasteiger partial charge in [-0.25, -0.2) is 0 Å². The summed E-state index contributed by atoms with van der Waals surface area (Å²) in [5, 5.41) is 11.6. The Morgan fingerprint density at radius 1 is 1.10 bits per heavy atom. The molecule has 3 aromatic rings. The fourth-order valence-electron chi connectivity index (χ4n) is 4.82. The van der Waals surface area contributed by atoms with Crippen LogP contribution in [0.5, 0.6) is 0 Å². The molecule has 2 unspecified atom stereocenters. The molecule has 0 aliphatic carbocycles. The maximum atomic E-state index is 13.1. The molecule has 8 heteroatoms. The number of pyridine rings is 1. The SMILES string of the molecule is Cc1ccccc1C1CNNC1C1CCN(C(=O)c2cccc3nnnn23)CC1. The largest absolute Gasteiger partial charge is 0.337 e. The highest BCUT2D eigenvalue weighted by molar-refractivity contribution is 5.93. The molecule has 2 atom stereocenters. The van der Waals surface area contributed by atoms with Gasteiger partial charge in [0.15, 0.2) is 5.65 Å². The summed E-state index contributed by atoms with van der Waals surface area (Å²) in [7, 11) is 0. The van der Waals surface area contributed by atoms with E-state index in [1.807, 2.05) is 11.0 Å². The zero-order valence-corrected chi connectivity index (χ0v) is 16.5. The lowest BCUT2D eigenvalue weighted by Gasteiger charge is -2.36. The van der Waals surface area contributed by atoms with Crippen LogP contribution < -0.4 is 10.9 Å². The van der Waals surface area contributed by atoms with Crippen LogP contribution in [0.15, 0.2) is 42.5 Å². The van der Waals surface area contributed by atoms with Gasteiger partial charge in [-0.15, -0.1) is 5.10 Å². The summed E-state index contributed by atoms with van der Waals surface area (Å²) in [5.74, 6) is 0.982. The van der Waals surface area contributed by atoms with E-state index in [0.29, 0.717) is 29.2 Å². The van der Waals surface area contributed by atoms with Crippen LogP contribution in [0.3, 0.4) is 0 Å². The summed E-state index contributed by atoms with van der Waals surface area (Å²) in [6.07, 6.45) is 1.97. The van der Waals surface area contributed by atoms with Crippen LogP contribution in [0, 0.1) is 12.8 Å². The van der Waals surface area contributed by atoms with Crippen LogP contribution in [0.1, 0.15) is 40.4 Å². The highest BCUT2D eigenvalue weighted by Crippen LogP contribution is 2.33. The first-order valence-electron chi connectivity index (χ1n) is 10.2. The number of amides is 1. The Balaban J connectivity index is 1.28. The van der Waals surface area contributed by atoms with Gasteiger partial charge < -0.3 is 4.90 Å². The number of piperidine rings is 1. The summed E-state index contributed by atoms with van der Waals surface area (Å²) in [6, 6.07) is 14.4. The normalized spacial score (nSPS) is 23.0. The average molecular weight is 391 g/mol. The maximum absolute atomic E-state index is 13.1. The van der Waals surface area contributed by atoms with Gasteiger partial charge in [0.2, 0.25) is 0 Å². The number of aryl methyl sites for hydroxylation is 1. The van der Waals surface area contributed by atoms with Gasteiger partial charge >= 0.3 is 0 Å². The molecule has 2 fully saturated rings. The van der Waals surface area contributed by atoms with Crippen LogP contribution in [0.2, 0.25) is 0 Å². The number of likely N-dealkylation sites (tertiary alicyclic amines) is 1. The molecule has 2 aliphatic heterocycles. The topological polar surface area (TPSA) is 87.5 Å². The lowest BCUT2D eigenvalue weighted by Crippen LogP contribution is -2.46. The molecule has 0 bridgehead atoms. The van der Waals surface area contributed by atoms with E-state index in [1.165, 1.54) is 15.6 Å². The van der Waals surface area contributed by atoms with Gasteiger partial charge in [0.05, 0.1) is 0 Å². The highest BCUT2D eigenvalue weighted by Gasteiger charge is 2.37. The van der Waals surface area contributed by atoms with Crippen LogP contribution in [-0.4, -0.2) is 56.5 Å². The third-order valence-corrected chi connectivity index (χ3v) is 6.39. The number of nitrogens with one attached hydrogen (secondary N) is 2. The van der Waals surface area contributed by atoms with Crippen molar-refractivity contribution in [3.05, 3.63) is 59.3 Å². The second kappa shape index (κ2) is 7.53. The van der Waals surface area contributed by atoms with Gasteiger partial charge in [-0.05, 0) is 59.4 Å². The Labute approximate surface area is 169 Å². The van der Waals surface area contributed by atoms with Crippen LogP contribution >= 0.6 is 0 Å². The Hall–Kier alpha value is -2.84. The summed E-state index contributed by atoms with van der Waals surface area (Å²) in [4.78, 5) is 15.0. The van der Waals surface area contributed by atoms with Crippen molar-refractivity contribution in [3.63, 3.8) is 0 Å². The minimum absolute atomic E-state index is 0.00527. The number of aromatic nitrogens is 4. The lowest BCUT2D eigenvalue weighted by atomic mass is 9.79. The smallest absolute Gasteiger partial charge is 0.272 e.